The number of nitrogens with zero attached hydrogens (tertiary/aromatic N) is 8. The second-order valence-corrected chi connectivity index (χ2v) is 17.7. The van der Waals surface area contributed by atoms with Crippen LogP contribution in [0.5, 0.6) is 0 Å². The molecule has 0 saturated carbocycles. The molecule has 18 heteroatoms. The number of piperazine rings is 1. The summed E-state index contributed by atoms with van der Waals surface area (Å²) in [5.41, 5.74) is 6.86. The van der Waals surface area contributed by atoms with Gasteiger partial charge in [-0.2, -0.15) is 18.2 Å². The number of benzene rings is 3. The number of amides is 2. The van der Waals surface area contributed by atoms with E-state index in [0.29, 0.717) is 24.5 Å². The van der Waals surface area contributed by atoms with Crippen LogP contribution in [-0.2, 0) is 16.8 Å². The predicted octanol–water partition coefficient (Wildman–Crippen LogP) is 6.39. The van der Waals surface area contributed by atoms with Crippen LogP contribution >= 0.6 is 0 Å². The minimum Gasteiger partial charge on any atom is -0.372 e. The maximum absolute atomic E-state index is 13.4. The maximum Gasteiger partial charge on any atom is 0.402 e. The third-order valence-corrected chi connectivity index (χ3v) is 13.1. The van der Waals surface area contributed by atoms with Gasteiger partial charge in [0.15, 0.2) is 0 Å². The summed E-state index contributed by atoms with van der Waals surface area (Å²) in [5.74, 6) is -1.36. The van der Waals surface area contributed by atoms with Crippen LogP contribution in [0, 0.1) is 12.8 Å². The van der Waals surface area contributed by atoms with E-state index >= 15 is 0 Å². The number of rotatable bonds is 11. The molecule has 2 amide bonds. The van der Waals surface area contributed by atoms with Crippen LogP contribution in [0.3, 0.4) is 0 Å². The van der Waals surface area contributed by atoms with Crippen molar-refractivity contribution in [2.45, 2.75) is 64.5 Å². The average Bonchev–Trinajstić information content (AvgIpc) is 3.99. The van der Waals surface area contributed by atoms with Crippen molar-refractivity contribution < 1.29 is 32.4 Å². The number of aromatic amines is 1. The van der Waals surface area contributed by atoms with Gasteiger partial charge in [-0.05, 0) is 105 Å². The molecule has 1 atom stereocenters. The molecule has 340 valence electrons. The van der Waals surface area contributed by atoms with Crippen molar-refractivity contribution in [1.29, 1.82) is 0 Å². The monoisotopic (exact) mass is 891 g/mol. The largest absolute Gasteiger partial charge is 0.402 e. The van der Waals surface area contributed by atoms with E-state index in [-0.39, 0.29) is 12.5 Å². The molecule has 3 aromatic heterocycles. The first kappa shape index (κ1) is 43.7. The number of anilines is 3. The average molecular weight is 892 g/mol. The molecule has 0 bridgehead atoms. The van der Waals surface area contributed by atoms with Crippen LogP contribution < -0.4 is 25.3 Å². The zero-order chi connectivity index (χ0) is 45.5. The van der Waals surface area contributed by atoms with Crippen molar-refractivity contribution >= 4 is 39.9 Å². The fourth-order valence-electron chi connectivity index (χ4n) is 8.86. The molecule has 3 aliphatic heterocycles. The highest BCUT2D eigenvalue weighted by atomic mass is 19.4. The predicted molar refractivity (Wildman–Crippen MR) is 240 cm³/mol. The zero-order valence-electron chi connectivity index (χ0n) is 36.5. The van der Waals surface area contributed by atoms with Crippen LogP contribution in [0.4, 0.5) is 30.2 Å². The van der Waals surface area contributed by atoms with Gasteiger partial charge in [-0.25, -0.2) is 9.97 Å². The number of hydrogen-bond donors (Lipinski definition) is 4. The minimum absolute atomic E-state index is 0.104. The van der Waals surface area contributed by atoms with Gasteiger partial charge in [0.2, 0.25) is 18.1 Å². The maximum atomic E-state index is 13.4. The number of piperidine rings is 1. The summed E-state index contributed by atoms with van der Waals surface area (Å²) in [7, 11) is 0. The molecule has 65 heavy (non-hydrogen) atoms. The second kappa shape index (κ2) is 17.8. The molecular formula is C47H52F3N11O4. The van der Waals surface area contributed by atoms with Gasteiger partial charge < -0.3 is 39.9 Å². The highest BCUT2D eigenvalue weighted by molar-refractivity contribution is 5.94. The first-order valence-corrected chi connectivity index (χ1v) is 22.0. The lowest BCUT2D eigenvalue weighted by Crippen LogP contribution is -2.54. The van der Waals surface area contributed by atoms with Crippen LogP contribution in [0.2, 0.25) is 0 Å². The summed E-state index contributed by atoms with van der Waals surface area (Å²) in [6.07, 6.45) is -1.41. The number of fused-ring (bicyclic) bond motifs is 1. The first-order chi connectivity index (χ1) is 31.2. The number of carbonyl (C=O) groups is 2. The van der Waals surface area contributed by atoms with E-state index in [4.69, 9.17) is 4.52 Å². The second-order valence-electron chi connectivity index (χ2n) is 17.7. The molecule has 1 unspecified atom stereocenters. The van der Waals surface area contributed by atoms with Gasteiger partial charge in [0.1, 0.15) is 17.4 Å². The van der Waals surface area contributed by atoms with Crippen molar-refractivity contribution in [1.82, 2.24) is 40.6 Å². The fraction of sp³-hybridized carbons (Fsp3) is 0.404. The number of aliphatic hydroxyl groups excluding tert-OH is 1. The Morgan fingerprint density at radius 2 is 1.52 bits per heavy atom. The van der Waals surface area contributed by atoms with E-state index in [1.54, 1.807) is 0 Å². The van der Waals surface area contributed by atoms with Crippen molar-refractivity contribution in [2.75, 3.05) is 67.1 Å². The normalized spacial score (nSPS) is 18.0. The molecule has 3 fully saturated rings. The number of aromatic nitrogens is 5. The van der Waals surface area contributed by atoms with Crippen molar-refractivity contribution in [2.24, 2.45) is 5.92 Å². The number of nitrogens with one attached hydrogen (secondary N) is 3. The third kappa shape index (κ3) is 9.22. The van der Waals surface area contributed by atoms with Crippen LogP contribution in [0.1, 0.15) is 60.7 Å². The van der Waals surface area contributed by atoms with Crippen LogP contribution in [0.25, 0.3) is 33.5 Å². The summed E-state index contributed by atoms with van der Waals surface area (Å²) in [6, 6.07) is 24.7. The highest BCUT2D eigenvalue weighted by Gasteiger charge is 2.53. The number of H-pyrrole nitrogens is 1. The molecule has 3 aliphatic rings. The van der Waals surface area contributed by atoms with Crippen LogP contribution in [-0.4, -0.2) is 112 Å². The van der Waals surface area contributed by atoms with E-state index in [0.717, 1.165) is 117 Å². The van der Waals surface area contributed by atoms with E-state index in [2.05, 4.69) is 92.9 Å². The fourth-order valence-corrected chi connectivity index (χ4v) is 8.86. The van der Waals surface area contributed by atoms with Crippen molar-refractivity contribution in [3.8, 4) is 22.5 Å². The molecule has 15 nitrogen and oxygen atoms in total. The summed E-state index contributed by atoms with van der Waals surface area (Å²) < 4.78 is 45.0. The van der Waals surface area contributed by atoms with Gasteiger partial charge in [0.25, 0.3) is 11.7 Å². The molecule has 3 aromatic carbocycles. The van der Waals surface area contributed by atoms with Gasteiger partial charge in [0, 0.05) is 99.0 Å². The lowest BCUT2D eigenvalue weighted by atomic mass is 9.93. The number of aryl methyl sites for hydroxylation is 1. The lowest BCUT2D eigenvalue weighted by molar-refractivity contribution is -0.186. The number of carbonyl (C=O) groups excluding carboxylic acids is 2. The van der Waals surface area contributed by atoms with Crippen molar-refractivity contribution in [3.63, 3.8) is 0 Å². The number of halogens is 3. The highest BCUT2D eigenvalue weighted by Crippen LogP contribution is 2.39. The SMILES string of the molecule is Cc1cc(-c2ncnc3[nH]c(-c4ccc(N5CCN(CC6CCN(c7ccc(N8CCC(=O)NC8O)cc7)CC6)CC5)cc4)cc23)ccc1CNC(=O)c1noc(C(C)(C)C(F)(F)F)n1. The summed E-state index contributed by atoms with van der Waals surface area (Å²) in [5, 5.41) is 19.9. The molecule has 6 aromatic rings. The minimum atomic E-state index is -4.63. The van der Waals surface area contributed by atoms with E-state index in [1.165, 1.54) is 17.7 Å². The molecule has 3 saturated heterocycles. The topological polar surface area (TPSA) is 172 Å². The molecular weight excluding hydrogens is 840 g/mol. The molecule has 0 radical (unpaired) electrons. The van der Waals surface area contributed by atoms with E-state index < -0.39 is 35.6 Å². The van der Waals surface area contributed by atoms with Gasteiger partial charge in [-0.3, -0.25) is 14.5 Å². The Hall–Kier alpha value is -6.53. The van der Waals surface area contributed by atoms with Gasteiger partial charge in [-0.1, -0.05) is 29.4 Å². The summed E-state index contributed by atoms with van der Waals surface area (Å²) in [6.45, 7) is 11.5. The Balaban J connectivity index is 0.758. The third-order valence-electron chi connectivity index (χ3n) is 13.1. The number of aliphatic hydroxyl groups is 1. The summed E-state index contributed by atoms with van der Waals surface area (Å²) >= 11 is 0. The van der Waals surface area contributed by atoms with Gasteiger partial charge >= 0.3 is 6.18 Å². The summed E-state index contributed by atoms with van der Waals surface area (Å²) in [4.78, 5) is 49.9. The molecule has 0 spiro atoms. The zero-order valence-corrected chi connectivity index (χ0v) is 36.5. The van der Waals surface area contributed by atoms with E-state index in [1.807, 2.05) is 42.2 Å². The van der Waals surface area contributed by atoms with Gasteiger partial charge in [0.05, 0.1) is 5.69 Å². The number of alkyl halides is 3. The molecule has 6 heterocycles. The van der Waals surface area contributed by atoms with E-state index in [9.17, 15) is 27.9 Å². The Bertz CT molecular complexity index is 2650. The van der Waals surface area contributed by atoms with Gasteiger partial charge in [-0.15, -0.1) is 0 Å². The molecule has 4 N–H and O–H groups in total. The molecule has 9 rings (SSSR count). The lowest BCUT2D eigenvalue weighted by Gasteiger charge is -2.40. The smallest absolute Gasteiger partial charge is 0.372 e. The number of hydrogen-bond acceptors (Lipinski definition) is 12. The Labute approximate surface area is 374 Å². The van der Waals surface area contributed by atoms with Crippen molar-refractivity contribution in [3.05, 3.63) is 102 Å². The first-order valence-electron chi connectivity index (χ1n) is 22.0. The Kier molecular flexibility index (Phi) is 12.0. The Morgan fingerprint density at radius 1 is 0.862 bits per heavy atom. The quantitative estimate of drug-likeness (QED) is 0.113. The standard InChI is InChI=1S/C47H52F3N11O4/c1-29-24-32(4-5-33(29)26-51-43(63)42-56-44(65-57-42)46(2,3)47(48,49)50)40-37-25-38(54-41(37)53-28-52-40)31-6-8-34(9-7-31)60-22-20-58(21-23-60)27-30-14-17-59(18-15-30)35-10-12-36(13-11-35)61-19-16-39(62)55-45(61)64/h4-13,24-25,28,30,45,64H,14-23,26-27H2,1-3H3,(H,51,63)(H,55,62)(H,52,53,54). The van der Waals surface area contributed by atoms with Crippen LogP contribution in [0.15, 0.2) is 83.6 Å². The molecule has 0 aliphatic carbocycles. The Morgan fingerprint density at radius 3 is 2.20 bits per heavy atom.